The maximum absolute atomic E-state index is 12.0. The van der Waals surface area contributed by atoms with E-state index >= 15 is 0 Å². The third-order valence-corrected chi connectivity index (χ3v) is 3.89. The summed E-state index contributed by atoms with van der Waals surface area (Å²) in [7, 11) is -3.70. The summed E-state index contributed by atoms with van der Waals surface area (Å²) >= 11 is 0. The molecule has 1 aromatic rings. The van der Waals surface area contributed by atoms with E-state index in [2.05, 4.69) is 10.6 Å². The monoisotopic (exact) mass is 297 g/mol. The largest absolute Gasteiger partial charge is 0.482 e. The van der Waals surface area contributed by atoms with Crippen LogP contribution in [-0.4, -0.2) is 32.1 Å². The molecule has 0 bridgehead atoms. The Hall–Kier alpha value is -2.04. The molecule has 0 aliphatic rings. The van der Waals surface area contributed by atoms with E-state index in [9.17, 15) is 13.2 Å². The van der Waals surface area contributed by atoms with Gasteiger partial charge in [0.2, 0.25) is 10.0 Å². The fraction of sp³-hybridized carbons (Fsp3) is 0.308. The molecule has 0 spiro atoms. The Morgan fingerprint density at radius 1 is 1.45 bits per heavy atom. The van der Waals surface area contributed by atoms with Crippen LogP contribution in [0, 0.1) is 12.3 Å². The topological polar surface area (TPSA) is 92.7 Å². The number of rotatable bonds is 7. The molecule has 20 heavy (non-hydrogen) atoms. The van der Waals surface area contributed by atoms with Gasteiger partial charge in [-0.1, -0.05) is 12.8 Å². The van der Waals surface area contributed by atoms with Gasteiger partial charge in [-0.25, -0.2) is 13.2 Å². The highest BCUT2D eigenvalue weighted by Gasteiger charge is 2.17. The molecule has 0 aliphatic carbocycles. The SMILES string of the molecule is C#CC(CC)NS(=O)(=O)c1ccc(OCC(=O)O)cc1. The molecule has 1 aromatic carbocycles. The molecule has 1 atom stereocenters. The van der Waals surface area contributed by atoms with Crippen molar-refractivity contribution in [3.05, 3.63) is 24.3 Å². The van der Waals surface area contributed by atoms with Crippen molar-refractivity contribution >= 4 is 16.0 Å². The molecule has 1 rings (SSSR count). The van der Waals surface area contributed by atoms with E-state index in [1.807, 2.05) is 0 Å². The molecule has 0 aromatic heterocycles. The second kappa shape index (κ2) is 6.93. The Kier molecular flexibility index (Phi) is 5.55. The van der Waals surface area contributed by atoms with Gasteiger partial charge in [0.05, 0.1) is 10.9 Å². The third kappa shape index (κ3) is 4.57. The van der Waals surface area contributed by atoms with Gasteiger partial charge in [0.25, 0.3) is 0 Å². The normalized spacial score (nSPS) is 12.4. The lowest BCUT2D eigenvalue weighted by Gasteiger charge is -2.11. The van der Waals surface area contributed by atoms with Crippen molar-refractivity contribution in [1.29, 1.82) is 0 Å². The minimum atomic E-state index is -3.70. The van der Waals surface area contributed by atoms with Gasteiger partial charge >= 0.3 is 5.97 Å². The smallest absolute Gasteiger partial charge is 0.341 e. The lowest BCUT2D eigenvalue weighted by molar-refractivity contribution is -0.139. The van der Waals surface area contributed by atoms with Crippen LogP contribution >= 0.6 is 0 Å². The van der Waals surface area contributed by atoms with Crippen LogP contribution in [-0.2, 0) is 14.8 Å². The van der Waals surface area contributed by atoms with Crippen LogP contribution in [0.3, 0.4) is 0 Å². The Morgan fingerprint density at radius 2 is 2.05 bits per heavy atom. The van der Waals surface area contributed by atoms with Gasteiger partial charge < -0.3 is 9.84 Å². The summed E-state index contributed by atoms with van der Waals surface area (Å²) in [6.45, 7) is 1.29. The predicted molar refractivity (Wildman–Crippen MR) is 72.8 cm³/mol. The first-order valence-corrected chi connectivity index (χ1v) is 7.30. The highest BCUT2D eigenvalue weighted by molar-refractivity contribution is 7.89. The number of benzene rings is 1. The Labute approximate surface area is 117 Å². The number of hydrogen-bond donors (Lipinski definition) is 2. The number of hydrogen-bond acceptors (Lipinski definition) is 4. The van der Waals surface area contributed by atoms with E-state index in [1.54, 1.807) is 6.92 Å². The van der Waals surface area contributed by atoms with Gasteiger partial charge in [-0.15, -0.1) is 6.42 Å². The molecule has 0 saturated carbocycles. The average Bonchev–Trinajstić information content (AvgIpc) is 2.43. The summed E-state index contributed by atoms with van der Waals surface area (Å²) in [5.41, 5.74) is 0. The van der Waals surface area contributed by atoms with Crippen molar-refractivity contribution in [3.63, 3.8) is 0 Å². The first-order valence-electron chi connectivity index (χ1n) is 5.82. The quantitative estimate of drug-likeness (QED) is 0.728. The van der Waals surface area contributed by atoms with E-state index in [1.165, 1.54) is 24.3 Å². The number of nitrogens with one attached hydrogen (secondary N) is 1. The van der Waals surface area contributed by atoms with Gasteiger partial charge in [0.15, 0.2) is 6.61 Å². The number of sulfonamides is 1. The Morgan fingerprint density at radius 3 is 2.50 bits per heavy atom. The van der Waals surface area contributed by atoms with Crippen LogP contribution in [0.1, 0.15) is 13.3 Å². The fourth-order valence-corrected chi connectivity index (χ4v) is 2.59. The number of carboxylic acids is 1. The van der Waals surface area contributed by atoms with E-state index in [-0.39, 0.29) is 10.6 Å². The van der Waals surface area contributed by atoms with Crippen molar-refractivity contribution in [2.24, 2.45) is 0 Å². The standard InChI is InChI=1S/C13H15NO5S/c1-3-10(4-2)14-20(17,18)12-7-5-11(6-8-12)19-9-13(15)16/h1,5-8,10,14H,4,9H2,2H3,(H,15,16). The number of carboxylic acid groups (broad SMARTS) is 1. The lowest BCUT2D eigenvalue weighted by Crippen LogP contribution is -2.33. The van der Waals surface area contributed by atoms with Crippen molar-refractivity contribution in [2.45, 2.75) is 24.3 Å². The molecular formula is C13H15NO5S. The molecule has 0 heterocycles. The summed E-state index contributed by atoms with van der Waals surface area (Å²) in [5.74, 6) is 1.51. The van der Waals surface area contributed by atoms with Crippen molar-refractivity contribution in [1.82, 2.24) is 4.72 Å². The van der Waals surface area contributed by atoms with Crippen LogP contribution in [0.4, 0.5) is 0 Å². The van der Waals surface area contributed by atoms with Gasteiger partial charge in [-0.2, -0.15) is 4.72 Å². The molecule has 108 valence electrons. The fourth-order valence-electron chi connectivity index (χ4n) is 1.35. The first-order chi connectivity index (χ1) is 9.39. The summed E-state index contributed by atoms with van der Waals surface area (Å²) < 4.78 is 31.3. The third-order valence-electron chi connectivity index (χ3n) is 2.40. The molecule has 7 heteroatoms. The summed E-state index contributed by atoms with van der Waals surface area (Å²) in [6.07, 6.45) is 5.69. The summed E-state index contributed by atoms with van der Waals surface area (Å²) in [4.78, 5) is 10.4. The average molecular weight is 297 g/mol. The second-order valence-electron chi connectivity index (χ2n) is 3.90. The zero-order valence-corrected chi connectivity index (χ0v) is 11.7. The number of carbonyl (C=O) groups is 1. The van der Waals surface area contributed by atoms with Crippen LogP contribution in [0.25, 0.3) is 0 Å². The van der Waals surface area contributed by atoms with Gasteiger partial charge in [-0.3, -0.25) is 0 Å². The molecule has 0 amide bonds. The minimum Gasteiger partial charge on any atom is -0.482 e. The molecular weight excluding hydrogens is 282 g/mol. The van der Waals surface area contributed by atoms with Gasteiger partial charge in [0.1, 0.15) is 5.75 Å². The number of terminal acetylenes is 1. The zero-order valence-electron chi connectivity index (χ0n) is 10.9. The molecule has 2 N–H and O–H groups in total. The predicted octanol–water partition coefficient (Wildman–Crippen LogP) is 0.840. The van der Waals surface area contributed by atoms with Crippen LogP contribution in [0.5, 0.6) is 5.75 Å². The lowest BCUT2D eigenvalue weighted by atomic mass is 10.3. The zero-order chi connectivity index (χ0) is 15.2. The van der Waals surface area contributed by atoms with Gasteiger partial charge in [0, 0.05) is 0 Å². The second-order valence-corrected chi connectivity index (χ2v) is 5.62. The van der Waals surface area contributed by atoms with E-state index in [0.717, 1.165) is 0 Å². The number of ether oxygens (including phenoxy) is 1. The molecule has 0 aliphatic heterocycles. The van der Waals surface area contributed by atoms with E-state index < -0.39 is 28.6 Å². The molecule has 0 radical (unpaired) electrons. The number of aliphatic carboxylic acids is 1. The maximum Gasteiger partial charge on any atom is 0.341 e. The van der Waals surface area contributed by atoms with E-state index in [0.29, 0.717) is 6.42 Å². The van der Waals surface area contributed by atoms with Crippen molar-refractivity contribution in [2.75, 3.05) is 6.61 Å². The summed E-state index contributed by atoms with van der Waals surface area (Å²) in [6, 6.07) is 4.84. The van der Waals surface area contributed by atoms with Crippen molar-refractivity contribution < 1.29 is 23.1 Å². The van der Waals surface area contributed by atoms with Crippen LogP contribution in [0.2, 0.25) is 0 Å². The van der Waals surface area contributed by atoms with E-state index in [4.69, 9.17) is 16.3 Å². The molecule has 0 saturated heterocycles. The molecule has 6 nitrogen and oxygen atoms in total. The van der Waals surface area contributed by atoms with Crippen molar-refractivity contribution in [3.8, 4) is 18.1 Å². The Balaban J connectivity index is 2.82. The Bertz CT molecular complexity index is 601. The molecule has 1 unspecified atom stereocenters. The van der Waals surface area contributed by atoms with Crippen LogP contribution in [0.15, 0.2) is 29.2 Å². The highest BCUT2D eigenvalue weighted by Crippen LogP contribution is 2.16. The maximum atomic E-state index is 12.0. The summed E-state index contributed by atoms with van der Waals surface area (Å²) in [5, 5.41) is 8.46. The molecule has 0 fully saturated rings. The first kappa shape index (κ1) is 16.0. The minimum absolute atomic E-state index is 0.0360. The van der Waals surface area contributed by atoms with Gasteiger partial charge in [-0.05, 0) is 30.7 Å². The van der Waals surface area contributed by atoms with Crippen LogP contribution < -0.4 is 9.46 Å². The highest BCUT2D eigenvalue weighted by atomic mass is 32.2.